The normalized spacial score (nSPS) is 11.3. The van der Waals surface area contributed by atoms with Gasteiger partial charge in [-0.2, -0.15) is 0 Å². The molecule has 0 atom stereocenters. The lowest BCUT2D eigenvalue weighted by molar-refractivity contribution is 0.0690. The maximum Gasteiger partial charge on any atom is 0.339 e. The van der Waals surface area contributed by atoms with E-state index >= 15 is 0 Å². The van der Waals surface area contributed by atoms with Crippen LogP contribution < -0.4 is 11.2 Å². The van der Waals surface area contributed by atoms with Crippen molar-refractivity contribution in [1.29, 1.82) is 0 Å². The Morgan fingerprint density at radius 2 is 1.59 bits per heavy atom. The maximum absolute atomic E-state index is 14.8. The monoisotopic (exact) mass is 403 g/mol. The molecule has 2 aromatic rings. The van der Waals surface area contributed by atoms with Crippen LogP contribution in [-0.4, -0.2) is 11.1 Å². The Kier molecular flexibility index (Phi) is 4.04. The summed E-state index contributed by atoms with van der Waals surface area (Å²) < 4.78 is 62.4. The number of carboxylic acids is 1. The summed E-state index contributed by atoms with van der Waals surface area (Å²) in [5, 5.41) is 9.44. The molecule has 1 aliphatic carbocycles. The number of hydrogen-bond donors (Lipinski definition) is 2. The van der Waals surface area contributed by atoms with Crippen LogP contribution >= 0.6 is 0 Å². The number of anilines is 1. The van der Waals surface area contributed by atoms with Crippen molar-refractivity contribution >= 4 is 22.6 Å². The number of fused-ring (bicyclic) bond motifs is 2. The molecule has 0 unspecified atom stereocenters. The number of carbonyl (C=O) groups is 1. The zero-order chi connectivity index (χ0) is 21.0. The first-order valence-electron chi connectivity index (χ1n) is 8.06. The molecule has 29 heavy (non-hydrogen) atoms. The largest absolute Gasteiger partial charge is 0.478 e. The lowest BCUT2D eigenvalue weighted by Crippen LogP contribution is -2.12. The van der Waals surface area contributed by atoms with E-state index in [2.05, 4.69) is 0 Å². The number of nitrogens with two attached hydrogens (primary N) is 1. The first kappa shape index (κ1) is 18.5. The first-order chi connectivity index (χ1) is 13.7. The predicted octanol–water partition coefficient (Wildman–Crippen LogP) is 4.40. The van der Waals surface area contributed by atoms with Crippen LogP contribution in [0.15, 0.2) is 45.6 Å². The Labute approximate surface area is 158 Å². The van der Waals surface area contributed by atoms with E-state index in [0.717, 1.165) is 12.1 Å². The molecule has 9 heteroatoms. The number of carboxylic acid groups (broad SMARTS) is 1. The summed E-state index contributed by atoms with van der Waals surface area (Å²) in [5.41, 5.74) is 2.75. The molecule has 5 nitrogen and oxygen atoms in total. The van der Waals surface area contributed by atoms with Crippen molar-refractivity contribution in [3.63, 3.8) is 0 Å². The van der Waals surface area contributed by atoms with Crippen molar-refractivity contribution in [2.24, 2.45) is 0 Å². The fourth-order valence-corrected chi connectivity index (χ4v) is 3.22. The van der Waals surface area contributed by atoms with Crippen LogP contribution in [0.2, 0.25) is 0 Å². The molecule has 0 saturated carbocycles. The molecule has 0 saturated heterocycles. The molecule has 0 amide bonds. The zero-order valence-electron chi connectivity index (χ0n) is 14.2. The maximum atomic E-state index is 14.8. The number of hydrogen-bond acceptors (Lipinski definition) is 4. The van der Waals surface area contributed by atoms with Crippen LogP contribution in [0.1, 0.15) is 10.4 Å². The highest BCUT2D eigenvalue weighted by atomic mass is 19.2. The molecule has 4 rings (SSSR count). The highest BCUT2D eigenvalue weighted by Crippen LogP contribution is 2.44. The quantitative estimate of drug-likeness (QED) is 0.170. The Hall–Kier alpha value is -3.88. The molecule has 3 N–H and O–H groups in total. The van der Waals surface area contributed by atoms with Gasteiger partial charge < -0.3 is 15.3 Å². The van der Waals surface area contributed by atoms with E-state index in [-0.39, 0.29) is 33.5 Å². The van der Waals surface area contributed by atoms with Crippen LogP contribution in [0.25, 0.3) is 33.4 Å². The summed E-state index contributed by atoms with van der Waals surface area (Å²) >= 11 is 0. The van der Waals surface area contributed by atoms with Crippen molar-refractivity contribution in [1.82, 2.24) is 0 Å². The van der Waals surface area contributed by atoms with Gasteiger partial charge in [-0.3, -0.25) is 4.79 Å². The summed E-state index contributed by atoms with van der Waals surface area (Å²) in [6.45, 7) is 0. The van der Waals surface area contributed by atoms with Crippen molar-refractivity contribution < 1.29 is 31.9 Å². The highest BCUT2D eigenvalue weighted by molar-refractivity contribution is 6.08. The van der Waals surface area contributed by atoms with Crippen LogP contribution in [0.4, 0.5) is 23.2 Å². The number of halogens is 4. The smallest absolute Gasteiger partial charge is 0.339 e. The Morgan fingerprint density at radius 3 is 2.28 bits per heavy atom. The molecular weight excluding hydrogens is 394 g/mol. The number of nitrogen functional groups attached to an aromatic ring is 1. The minimum Gasteiger partial charge on any atom is -0.478 e. The number of aromatic carboxylic acids is 1. The lowest BCUT2D eigenvalue weighted by Gasteiger charge is -2.18. The van der Waals surface area contributed by atoms with Gasteiger partial charge >= 0.3 is 5.97 Å². The van der Waals surface area contributed by atoms with E-state index in [0.29, 0.717) is 0 Å². The second-order valence-electron chi connectivity index (χ2n) is 6.20. The van der Waals surface area contributed by atoms with Gasteiger partial charge in [-0.25, -0.2) is 22.4 Å². The minimum atomic E-state index is -2.25. The second kappa shape index (κ2) is 6.33. The van der Waals surface area contributed by atoms with Crippen molar-refractivity contribution in [3.8, 4) is 22.5 Å². The van der Waals surface area contributed by atoms with Crippen LogP contribution in [0.3, 0.4) is 0 Å². The summed E-state index contributed by atoms with van der Waals surface area (Å²) in [4.78, 5) is 23.3. The van der Waals surface area contributed by atoms with Crippen LogP contribution in [-0.2, 0) is 0 Å². The van der Waals surface area contributed by atoms with E-state index in [9.17, 15) is 32.3 Å². The average Bonchev–Trinajstić information content (AvgIpc) is 2.66. The van der Waals surface area contributed by atoms with Gasteiger partial charge in [-0.1, -0.05) is 0 Å². The average molecular weight is 403 g/mol. The predicted molar refractivity (Wildman–Crippen MR) is 95.7 cm³/mol. The van der Waals surface area contributed by atoms with Crippen molar-refractivity contribution in [2.45, 2.75) is 0 Å². The summed E-state index contributed by atoms with van der Waals surface area (Å²) in [5.74, 6) is -10.5. The molecule has 0 radical (unpaired) electrons. The molecular formula is C20H9F4NO4. The molecule has 2 aliphatic rings. The highest BCUT2D eigenvalue weighted by Gasteiger charge is 2.33. The molecule has 2 aromatic carbocycles. The molecule has 1 aliphatic heterocycles. The summed E-state index contributed by atoms with van der Waals surface area (Å²) in [6, 6.07) is 7.33. The van der Waals surface area contributed by atoms with Crippen molar-refractivity contribution in [3.05, 3.63) is 75.5 Å². The molecule has 0 fully saturated rings. The summed E-state index contributed by atoms with van der Waals surface area (Å²) in [7, 11) is 0. The van der Waals surface area contributed by atoms with E-state index in [1.54, 1.807) is 0 Å². The van der Waals surface area contributed by atoms with Crippen LogP contribution in [0.5, 0.6) is 0 Å². The third-order valence-corrected chi connectivity index (χ3v) is 4.45. The van der Waals surface area contributed by atoms with Crippen LogP contribution in [0, 0.1) is 23.3 Å². The standard InChI is InChI=1S/C20H9F4NO4/c21-16-14(15(20(27)28)17(22)19(24)18(16)23)13-9-3-1-7(25)5-11(9)29-12-6-8(26)2-4-10(12)13/h1-6H,25H2,(H,27,28). The van der Waals surface area contributed by atoms with Gasteiger partial charge in [-0.05, 0) is 24.3 Å². The van der Waals surface area contributed by atoms with Gasteiger partial charge in [0.15, 0.2) is 28.7 Å². The van der Waals surface area contributed by atoms with Gasteiger partial charge in [0.05, 0.1) is 0 Å². The van der Waals surface area contributed by atoms with Gasteiger partial charge in [-0.15, -0.1) is 0 Å². The van der Waals surface area contributed by atoms with E-state index in [1.807, 2.05) is 0 Å². The Balaban J connectivity index is 2.31. The number of rotatable bonds is 2. The van der Waals surface area contributed by atoms with E-state index in [4.69, 9.17) is 10.2 Å². The van der Waals surface area contributed by atoms with Gasteiger partial charge in [0.25, 0.3) is 0 Å². The number of benzene rings is 3. The fourth-order valence-electron chi connectivity index (χ4n) is 3.22. The minimum absolute atomic E-state index is 0.000944. The summed E-state index contributed by atoms with van der Waals surface area (Å²) in [6.07, 6.45) is 0. The van der Waals surface area contributed by atoms with Gasteiger partial charge in [0.1, 0.15) is 16.9 Å². The molecule has 1 heterocycles. The Morgan fingerprint density at radius 1 is 0.897 bits per heavy atom. The second-order valence-corrected chi connectivity index (χ2v) is 6.20. The van der Waals surface area contributed by atoms with Gasteiger partial charge in [0, 0.05) is 39.9 Å². The topological polar surface area (TPSA) is 93.5 Å². The molecule has 146 valence electrons. The van der Waals surface area contributed by atoms with E-state index in [1.165, 1.54) is 24.3 Å². The third kappa shape index (κ3) is 2.70. The lowest BCUT2D eigenvalue weighted by atomic mass is 9.89. The molecule has 0 aromatic heterocycles. The fraction of sp³-hybridized carbons (Fsp3) is 0. The third-order valence-electron chi connectivity index (χ3n) is 4.45. The molecule has 0 bridgehead atoms. The SMILES string of the molecule is Nc1ccc2c(-c3c(F)c(F)c(F)c(F)c3C(=O)O)c3ccc(=O)cc-3oc2c1. The van der Waals surface area contributed by atoms with Crippen molar-refractivity contribution in [2.75, 3.05) is 5.73 Å². The Bertz CT molecular complexity index is 1360. The zero-order valence-corrected chi connectivity index (χ0v) is 14.2. The van der Waals surface area contributed by atoms with Gasteiger partial charge in [0.2, 0.25) is 0 Å². The first-order valence-corrected chi connectivity index (χ1v) is 8.06. The van der Waals surface area contributed by atoms with E-state index < -0.39 is 45.8 Å². The molecule has 0 spiro atoms.